The van der Waals surface area contributed by atoms with Crippen LogP contribution in [0.2, 0.25) is 0 Å². The Morgan fingerprint density at radius 1 is 1.06 bits per heavy atom. The molecule has 3 aromatic rings. The predicted molar refractivity (Wildman–Crippen MR) is 123 cm³/mol. The summed E-state index contributed by atoms with van der Waals surface area (Å²) < 4.78 is 28.6. The number of rotatable bonds is 4. The van der Waals surface area contributed by atoms with Gasteiger partial charge in [-0.3, -0.25) is 0 Å². The van der Waals surface area contributed by atoms with Crippen LogP contribution in [0.15, 0.2) is 71.3 Å². The van der Waals surface area contributed by atoms with E-state index < -0.39 is 10.0 Å². The van der Waals surface area contributed by atoms with Gasteiger partial charge in [-0.2, -0.15) is 0 Å². The third-order valence-corrected chi connectivity index (χ3v) is 9.16. The lowest BCUT2D eigenvalue weighted by molar-refractivity contribution is -0.115. The SMILES string of the molecule is CC1=CC2(C)CCC1C(C=O)C2c1cn(S(=O)(=O)c2ccc(C)cc2)c2ccccc12. The smallest absolute Gasteiger partial charge is 0.268 e. The third kappa shape index (κ3) is 2.93. The van der Waals surface area contributed by atoms with Gasteiger partial charge in [0.05, 0.1) is 10.4 Å². The maximum absolute atomic E-state index is 13.6. The van der Waals surface area contributed by atoms with Crippen LogP contribution in [-0.2, 0) is 14.8 Å². The fourth-order valence-corrected chi connectivity index (χ4v) is 7.37. The molecule has 4 unspecified atom stereocenters. The van der Waals surface area contributed by atoms with E-state index >= 15 is 0 Å². The summed E-state index contributed by atoms with van der Waals surface area (Å²) in [7, 11) is -3.75. The summed E-state index contributed by atoms with van der Waals surface area (Å²) in [4.78, 5) is 12.5. The predicted octanol–water partition coefficient (Wildman–Crippen LogP) is 5.46. The van der Waals surface area contributed by atoms with Crippen LogP contribution >= 0.6 is 0 Å². The Morgan fingerprint density at radius 2 is 1.77 bits per heavy atom. The summed E-state index contributed by atoms with van der Waals surface area (Å²) >= 11 is 0. The second-order valence-corrected chi connectivity index (χ2v) is 11.3. The first-order valence-electron chi connectivity index (χ1n) is 10.8. The molecule has 0 amide bonds. The lowest BCUT2D eigenvalue weighted by atomic mass is 9.51. The lowest BCUT2D eigenvalue weighted by Crippen LogP contribution is -2.44. The average molecular weight is 434 g/mol. The summed E-state index contributed by atoms with van der Waals surface area (Å²) in [6, 6.07) is 14.6. The molecule has 0 N–H and O–H groups in total. The molecule has 1 saturated carbocycles. The number of aryl methyl sites for hydroxylation is 1. The van der Waals surface area contributed by atoms with Crippen molar-refractivity contribution in [3.8, 4) is 0 Å². The van der Waals surface area contributed by atoms with Gasteiger partial charge in [0.2, 0.25) is 0 Å². The summed E-state index contributed by atoms with van der Waals surface area (Å²) in [6.45, 7) is 6.28. The summed E-state index contributed by atoms with van der Waals surface area (Å²) in [6.07, 6.45) is 7.22. The molecule has 5 heteroatoms. The van der Waals surface area contributed by atoms with Gasteiger partial charge in [0.1, 0.15) is 6.29 Å². The van der Waals surface area contributed by atoms with Gasteiger partial charge in [-0.15, -0.1) is 0 Å². The molecule has 160 valence electrons. The normalized spacial score (nSPS) is 28.0. The fraction of sp³-hybridized carbons (Fsp3) is 0.346. The monoisotopic (exact) mass is 433 g/mol. The summed E-state index contributed by atoms with van der Waals surface area (Å²) in [5.41, 5.74) is 3.76. The Labute approximate surface area is 183 Å². The van der Waals surface area contributed by atoms with Crippen molar-refractivity contribution < 1.29 is 13.2 Å². The molecular formula is C26H27NO3S. The topological polar surface area (TPSA) is 56.1 Å². The van der Waals surface area contributed by atoms with E-state index in [1.54, 1.807) is 18.3 Å². The summed E-state index contributed by atoms with van der Waals surface area (Å²) in [5.74, 6) is 0.0667. The zero-order chi connectivity index (χ0) is 22.0. The van der Waals surface area contributed by atoms with Gasteiger partial charge in [0.15, 0.2) is 0 Å². The van der Waals surface area contributed by atoms with E-state index in [0.29, 0.717) is 5.52 Å². The van der Waals surface area contributed by atoms with Crippen molar-refractivity contribution in [3.63, 3.8) is 0 Å². The van der Waals surface area contributed by atoms with E-state index in [9.17, 15) is 13.2 Å². The highest BCUT2D eigenvalue weighted by molar-refractivity contribution is 7.90. The van der Waals surface area contributed by atoms with E-state index in [4.69, 9.17) is 0 Å². The Hall–Kier alpha value is -2.66. The molecular weight excluding hydrogens is 406 g/mol. The van der Waals surface area contributed by atoms with Crippen LogP contribution in [0.1, 0.15) is 43.7 Å². The van der Waals surface area contributed by atoms with Crippen LogP contribution in [0.3, 0.4) is 0 Å². The third-order valence-electron chi connectivity index (χ3n) is 7.48. The maximum atomic E-state index is 13.6. The first-order valence-corrected chi connectivity index (χ1v) is 12.3. The number of aromatic nitrogens is 1. The first kappa shape index (κ1) is 20.3. The van der Waals surface area contributed by atoms with Crippen LogP contribution in [0.25, 0.3) is 10.9 Å². The highest BCUT2D eigenvalue weighted by Crippen LogP contribution is 2.59. The van der Waals surface area contributed by atoms with Crippen molar-refractivity contribution in [1.82, 2.24) is 3.97 Å². The molecule has 2 bridgehead atoms. The Bertz CT molecular complexity index is 1320. The lowest BCUT2D eigenvalue weighted by Gasteiger charge is -2.52. The number of hydrogen-bond acceptors (Lipinski definition) is 3. The van der Waals surface area contributed by atoms with Gasteiger partial charge in [-0.1, -0.05) is 54.5 Å². The van der Waals surface area contributed by atoms with Gasteiger partial charge in [0.25, 0.3) is 10.0 Å². The van der Waals surface area contributed by atoms with Crippen LogP contribution in [-0.4, -0.2) is 18.7 Å². The first-order chi connectivity index (χ1) is 14.8. The van der Waals surface area contributed by atoms with Crippen molar-refractivity contribution >= 4 is 27.2 Å². The van der Waals surface area contributed by atoms with Gasteiger partial charge < -0.3 is 4.79 Å². The number of hydrogen-bond donors (Lipinski definition) is 0. The van der Waals surface area contributed by atoms with Crippen LogP contribution < -0.4 is 0 Å². The summed E-state index contributed by atoms with van der Waals surface area (Å²) in [5, 5.41) is 0.912. The standard InChI is InChI=1S/C26H27NO3S/c1-17-8-10-19(11-9-17)31(29,30)27-15-22(21-6-4-5-7-24(21)27)25-23(16-28)20-12-13-26(25,3)14-18(20)2/h4-11,14-16,20,23,25H,12-13H2,1-3H3. The molecule has 4 atom stereocenters. The van der Waals surface area contributed by atoms with Crippen LogP contribution in [0, 0.1) is 24.2 Å². The molecule has 4 nitrogen and oxygen atoms in total. The number of aldehydes is 1. The van der Waals surface area contributed by atoms with Crippen molar-refractivity contribution in [2.45, 2.75) is 44.4 Å². The molecule has 2 aromatic carbocycles. The average Bonchev–Trinajstić information content (AvgIpc) is 3.13. The van der Waals surface area contributed by atoms with Crippen molar-refractivity contribution in [1.29, 1.82) is 0 Å². The quantitative estimate of drug-likeness (QED) is 0.405. The zero-order valence-corrected chi connectivity index (χ0v) is 18.9. The van der Waals surface area contributed by atoms with Crippen LogP contribution in [0.4, 0.5) is 0 Å². The highest BCUT2D eigenvalue weighted by Gasteiger charge is 2.51. The van der Waals surface area contributed by atoms with E-state index in [2.05, 4.69) is 19.9 Å². The van der Waals surface area contributed by atoms with E-state index in [0.717, 1.165) is 35.6 Å². The Balaban J connectivity index is 1.74. The zero-order valence-electron chi connectivity index (χ0n) is 18.1. The van der Waals surface area contributed by atoms with Crippen molar-refractivity contribution in [2.75, 3.05) is 0 Å². The van der Waals surface area contributed by atoms with Crippen LogP contribution in [0.5, 0.6) is 0 Å². The number of para-hydroxylation sites is 1. The maximum Gasteiger partial charge on any atom is 0.268 e. The number of fused-ring (bicyclic) bond motifs is 3. The van der Waals surface area contributed by atoms with Gasteiger partial charge in [-0.05, 0) is 61.8 Å². The minimum absolute atomic E-state index is 0.0354. The molecule has 1 heterocycles. The number of nitrogens with zero attached hydrogens (tertiary/aromatic N) is 1. The molecule has 1 aromatic heterocycles. The van der Waals surface area contributed by atoms with Gasteiger partial charge in [-0.25, -0.2) is 12.4 Å². The van der Waals surface area contributed by atoms with Gasteiger partial charge in [0, 0.05) is 23.4 Å². The number of carbonyl (C=O) groups is 1. The Kier molecular flexibility index (Phi) is 4.52. The highest BCUT2D eigenvalue weighted by atomic mass is 32.2. The fourth-order valence-electron chi connectivity index (χ4n) is 5.99. The second-order valence-electron chi connectivity index (χ2n) is 9.45. The van der Waals surface area contributed by atoms with E-state index in [-0.39, 0.29) is 28.1 Å². The van der Waals surface area contributed by atoms with E-state index in [1.165, 1.54) is 9.55 Å². The molecule has 3 aliphatic rings. The number of allylic oxidation sites excluding steroid dienone is 2. The largest absolute Gasteiger partial charge is 0.303 e. The minimum atomic E-state index is -3.75. The molecule has 0 aliphatic heterocycles. The second kappa shape index (κ2) is 6.92. The molecule has 1 fully saturated rings. The van der Waals surface area contributed by atoms with Gasteiger partial charge >= 0.3 is 0 Å². The Morgan fingerprint density at radius 3 is 2.45 bits per heavy atom. The van der Waals surface area contributed by atoms with E-state index in [1.807, 2.05) is 43.3 Å². The van der Waals surface area contributed by atoms with Crippen molar-refractivity contribution in [3.05, 3.63) is 77.5 Å². The molecule has 3 aliphatic carbocycles. The molecule has 6 rings (SSSR count). The number of carbonyl (C=O) groups excluding carboxylic acids is 1. The molecule has 0 saturated heterocycles. The minimum Gasteiger partial charge on any atom is -0.303 e. The number of benzene rings is 2. The van der Waals surface area contributed by atoms with Crippen molar-refractivity contribution in [2.24, 2.45) is 17.3 Å². The molecule has 0 radical (unpaired) electrons. The molecule has 0 spiro atoms. The molecule has 31 heavy (non-hydrogen) atoms.